The Hall–Kier alpha value is -1.63. The first-order valence-corrected chi connectivity index (χ1v) is 6.63. The molecule has 2 fully saturated rings. The summed E-state index contributed by atoms with van der Waals surface area (Å²) < 4.78 is 1.61. The maximum atomic E-state index is 11.3. The lowest BCUT2D eigenvalue weighted by molar-refractivity contribution is -0.384. The Bertz CT molecular complexity index is 513. The quantitative estimate of drug-likeness (QED) is 0.640. The van der Waals surface area contributed by atoms with Crippen molar-refractivity contribution in [3.8, 4) is 0 Å². The van der Waals surface area contributed by atoms with Crippen LogP contribution in [0.4, 0.5) is 11.5 Å². The molecule has 104 valence electrons. The smallest absolute Gasteiger partial charge is 0.333 e. The zero-order valence-corrected chi connectivity index (χ0v) is 11.1. The number of hydrogen-bond donors (Lipinski definition) is 1. The van der Waals surface area contributed by atoms with Crippen molar-refractivity contribution in [1.29, 1.82) is 0 Å². The van der Waals surface area contributed by atoms with E-state index in [-0.39, 0.29) is 28.8 Å². The molecule has 1 aromatic rings. The van der Waals surface area contributed by atoms with Gasteiger partial charge in [0.05, 0.1) is 11.0 Å². The molecule has 1 aromatic heterocycles. The van der Waals surface area contributed by atoms with Gasteiger partial charge in [0, 0.05) is 19.1 Å². The van der Waals surface area contributed by atoms with E-state index in [4.69, 9.17) is 0 Å². The molecule has 0 spiro atoms. The molecular weight excluding hydrogens is 248 g/mol. The van der Waals surface area contributed by atoms with Gasteiger partial charge in [-0.3, -0.25) is 10.1 Å². The molecule has 2 aliphatic heterocycles. The molecule has 1 N–H and O–H groups in total. The standard InChI is InChI=1S/C12H18N4O3/c1-7-11(16(18)19)12(14(2)13-7)15-8-3-4-9(15)6-10(17)5-8/h8-10,17H,3-6H2,1-2H3. The molecule has 2 aliphatic rings. The number of hydrogen-bond acceptors (Lipinski definition) is 5. The summed E-state index contributed by atoms with van der Waals surface area (Å²) in [6, 6.07) is 0.393. The number of fused-ring (bicyclic) bond motifs is 2. The van der Waals surface area contributed by atoms with E-state index in [1.165, 1.54) is 0 Å². The van der Waals surface area contributed by atoms with Crippen molar-refractivity contribution < 1.29 is 10.0 Å². The largest absolute Gasteiger partial charge is 0.393 e. The first-order valence-electron chi connectivity index (χ1n) is 6.63. The molecular formula is C12H18N4O3. The van der Waals surface area contributed by atoms with Gasteiger partial charge in [0.1, 0.15) is 5.69 Å². The van der Waals surface area contributed by atoms with E-state index in [0.717, 1.165) is 12.8 Å². The van der Waals surface area contributed by atoms with Crippen LogP contribution >= 0.6 is 0 Å². The third kappa shape index (κ3) is 1.80. The fourth-order valence-corrected chi connectivity index (χ4v) is 3.63. The molecule has 3 rings (SSSR count). The van der Waals surface area contributed by atoms with Crippen LogP contribution < -0.4 is 4.90 Å². The Morgan fingerprint density at radius 2 is 1.95 bits per heavy atom. The summed E-state index contributed by atoms with van der Waals surface area (Å²) in [6.45, 7) is 1.67. The van der Waals surface area contributed by atoms with Crippen molar-refractivity contribution in [2.45, 2.75) is 50.8 Å². The molecule has 0 aromatic carbocycles. The summed E-state index contributed by atoms with van der Waals surface area (Å²) in [7, 11) is 1.75. The van der Waals surface area contributed by atoms with Gasteiger partial charge in [0.25, 0.3) is 0 Å². The van der Waals surface area contributed by atoms with Gasteiger partial charge in [-0.2, -0.15) is 5.10 Å². The lowest BCUT2D eigenvalue weighted by Crippen LogP contribution is -2.45. The monoisotopic (exact) mass is 266 g/mol. The van der Waals surface area contributed by atoms with Gasteiger partial charge < -0.3 is 10.0 Å². The van der Waals surface area contributed by atoms with Crippen molar-refractivity contribution in [2.75, 3.05) is 4.90 Å². The molecule has 3 heterocycles. The van der Waals surface area contributed by atoms with Crippen LogP contribution in [0.3, 0.4) is 0 Å². The molecule has 2 unspecified atom stereocenters. The first-order chi connectivity index (χ1) is 8.99. The van der Waals surface area contributed by atoms with Crippen molar-refractivity contribution in [3.63, 3.8) is 0 Å². The Balaban J connectivity index is 2.06. The van der Waals surface area contributed by atoms with Crippen LogP contribution in [-0.2, 0) is 7.05 Å². The van der Waals surface area contributed by atoms with Gasteiger partial charge in [-0.05, 0) is 32.6 Å². The Labute approximate surface area is 111 Å². The van der Waals surface area contributed by atoms with Gasteiger partial charge in [0.15, 0.2) is 0 Å². The topological polar surface area (TPSA) is 84.4 Å². The second kappa shape index (κ2) is 4.19. The van der Waals surface area contributed by atoms with E-state index < -0.39 is 0 Å². The molecule has 2 atom stereocenters. The average Bonchev–Trinajstić information content (AvgIpc) is 2.73. The molecule has 0 aliphatic carbocycles. The summed E-state index contributed by atoms with van der Waals surface area (Å²) >= 11 is 0. The Kier molecular flexibility index (Phi) is 2.74. The number of piperidine rings is 1. The van der Waals surface area contributed by atoms with Crippen LogP contribution in [0.2, 0.25) is 0 Å². The maximum Gasteiger partial charge on any atom is 0.333 e. The molecule has 0 saturated carbocycles. The predicted octanol–water partition coefficient (Wildman–Crippen LogP) is 1.13. The van der Waals surface area contributed by atoms with Crippen molar-refractivity contribution >= 4 is 11.5 Å². The number of aliphatic hydroxyl groups is 1. The van der Waals surface area contributed by atoms with E-state index in [9.17, 15) is 15.2 Å². The van der Waals surface area contributed by atoms with Crippen LogP contribution in [0, 0.1) is 17.0 Å². The maximum absolute atomic E-state index is 11.3. The summed E-state index contributed by atoms with van der Waals surface area (Å²) in [5.41, 5.74) is 0.559. The Morgan fingerprint density at radius 1 is 1.37 bits per heavy atom. The lowest BCUT2D eigenvalue weighted by Gasteiger charge is -2.37. The summed E-state index contributed by atoms with van der Waals surface area (Å²) in [6.07, 6.45) is 3.09. The zero-order chi connectivity index (χ0) is 13.7. The van der Waals surface area contributed by atoms with E-state index >= 15 is 0 Å². The fourth-order valence-electron chi connectivity index (χ4n) is 3.63. The highest BCUT2D eigenvalue weighted by Crippen LogP contribution is 2.43. The van der Waals surface area contributed by atoms with Crippen molar-refractivity contribution in [3.05, 3.63) is 15.8 Å². The molecule has 7 nitrogen and oxygen atoms in total. The van der Waals surface area contributed by atoms with Crippen molar-refractivity contribution in [2.24, 2.45) is 7.05 Å². The van der Waals surface area contributed by atoms with Crippen LogP contribution in [-0.4, -0.2) is 38.0 Å². The number of aliphatic hydroxyl groups excluding tert-OH is 1. The number of aromatic nitrogens is 2. The molecule has 2 saturated heterocycles. The van der Waals surface area contributed by atoms with Crippen LogP contribution in [0.5, 0.6) is 0 Å². The minimum Gasteiger partial charge on any atom is -0.393 e. The van der Waals surface area contributed by atoms with Crippen LogP contribution in [0.25, 0.3) is 0 Å². The van der Waals surface area contributed by atoms with E-state index in [0.29, 0.717) is 24.4 Å². The van der Waals surface area contributed by atoms with Crippen molar-refractivity contribution in [1.82, 2.24) is 9.78 Å². The van der Waals surface area contributed by atoms with Gasteiger partial charge in [-0.15, -0.1) is 0 Å². The number of nitrogens with zero attached hydrogens (tertiary/aromatic N) is 4. The number of anilines is 1. The minimum absolute atomic E-state index is 0.107. The number of aryl methyl sites for hydroxylation is 2. The molecule has 2 bridgehead atoms. The van der Waals surface area contributed by atoms with E-state index in [1.807, 2.05) is 0 Å². The predicted molar refractivity (Wildman–Crippen MR) is 69.1 cm³/mol. The van der Waals surface area contributed by atoms with Gasteiger partial charge in [-0.25, -0.2) is 4.68 Å². The van der Waals surface area contributed by atoms with Gasteiger partial charge in [-0.1, -0.05) is 0 Å². The van der Waals surface area contributed by atoms with Crippen LogP contribution in [0.15, 0.2) is 0 Å². The second-order valence-corrected chi connectivity index (χ2v) is 5.56. The molecule has 0 radical (unpaired) electrons. The Morgan fingerprint density at radius 3 is 2.47 bits per heavy atom. The summed E-state index contributed by atoms with van der Waals surface area (Å²) in [5, 5.41) is 25.3. The zero-order valence-electron chi connectivity index (χ0n) is 11.1. The average molecular weight is 266 g/mol. The number of nitro groups is 1. The third-order valence-corrected chi connectivity index (χ3v) is 4.30. The summed E-state index contributed by atoms with van der Waals surface area (Å²) in [5.74, 6) is 0.599. The highest BCUT2D eigenvalue weighted by Gasteiger charge is 2.44. The first kappa shape index (κ1) is 12.4. The van der Waals surface area contributed by atoms with Gasteiger partial charge >= 0.3 is 5.69 Å². The molecule has 7 heteroatoms. The SMILES string of the molecule is Cc1nn(C)c(N2C3CCC2CC(O)C3)c1[N+](=O)[O-]. The summed E-state index contributed by atoms with van der Waals surface area (Å²) in [4.78, 5) is 13.0. The van der Waals surface area contributed by atoms with E-state index in [1.54, 1.807) is 18.7 Å². The fraction of sp³-hybridized carbons (Fsp3) is 0.750. The molecule has 0 amide bonds. The normalized spacial score (nSPS) is 29.8. The highest BCUT2D eigenvalue weighted by atomic mass is 16.6. The number of rotatable bonds is 2. The van der Waals surface area contributed by atoms with Gasteiger partial charge in [0.2, 0.25) is 5.82 Å². The lowest BCUT2D eigenvalue weighted by atomic mass is 10.00. The highest BCUT2D eigenvalue weighted by molar-refractivity contribution is 5.63. The van der Waals surface area contributed by atoms with Crippen LogP contribution in [0.1, 0.15) is 31.4 Å². The van der Waals surface area contributed by atoms with E-state index in [2.05, 4.69) is 10.00 Å². The molecule has 19 heavy (non-hydrogen) atoms. The third-order valence-electron chi connectivity index (χ3n) is 4.30. The minimum atomic E-state index is -0.345. The second-order valence-electron chi connectivity index (χ2n) is 5.56.